The Labute approximate surface area is 84.5 Å². The van der Waals surface area contributed by atoms with E-state index in [0.29, 0.717) is 18.8 Å². The van der Waals surface area contributed by atoms with Crippen LogP contribution in [0, 0.1) is 5.92 Å². The second-order valence-electron chi connectivity index (χ2n) is 4.01. The van der Waals surface area contributed by atoms with Gasteiger partial charge in [0, 0.05) is 18.9 Å². The molecule has 1 fully saturated rings. The van der Waals surface area contributed by atoms with Gasteiger partial charge >= 0.3 is 0 Å². The quantitative estimate of drug-likeness (QED) is 0.750. The van der Waals surface area contributed by atoms with Gasteiger partial charge in [0.25, 0.3) is 0 Å². The molecule has 0 heterocycles. The summed E-state index contributed by atoms with van der Waals surface area (Å²) in [5.41, 5.74) is 5.60. The number of rotatable bonds is 2. The first-order chi connectivity index (χ1) is 5.49. The molecule has 1 nitrogen and oxygen atoms in total. The van der Waals surface area contributed by atoms with E-state index in [1.165, 1.54) is 0 Å². The van der Waals surface area contributed by atoms with E-state index in [9.17, 15) is 8.78 Å². The molecule has 1 aliphatic rings. The maximum atomic E-state index is 12.7. The summed E-state index contributed by atoms with van der Waals surface area (Å²) < 4.78 is 25.4. The summed E-state index contributed by atoms with van der Waals surface area (Å²) in [5.74, 6) is -1.96. The molecule has 0 spiro atoms. The molecule has 0 aliphatic heterocycles. The fraction of sp³-hybridized carbons (Fsp3) is 1.00. The molecule has 4 heteroatoms. The van der Waals surface area contributed by atoms with Gasteiger partial charge in [-0.1, -0.05) is 0 Å². The molecule has 13 heavy (non-hydrogen) atoms. The summed E-state index contributed by atoms with van der Waals surface area (Å²) >= 11 is 0. The van der Waals surface area contributed by atoms with Crippen LogP contribution in [0.1, 0.15) is 39.0 Å². The maximum absolute atomic E-state index is 12.7. The fourth-order valence-corrected chi connectivity index (χ4v) is 1.86. The lowest BCUT2D eigenvalue weighted by atomic mass is 9.83. The molecule has 1 rings (SSSR count). The van der Waals surface area contributed by atoms with Gasteiger partial charge in [-0.25, -0.2) is 8.78 Å². The van der Waals surface area contributed by atoms with E-state index in [-0.39, 0.29) is 31.3 Å². The van der Waals surface area contributed by atoms with Gasteiger partial charge in [-0.3, -0.25) is 0 Å². The minimum atomic E-state index is -2.39. The minimum Gasteiger partial charge on any atom is -0.328 e. The zero-order chi connectivity index (χ0) is 9.19. The second kappa shape index (κ2) is 5.11. The van der Waals surface area contributed by atoms with Crippen LogP contribution in [0.25, 0.3) is 0 Å². The summed E-state index contributed by atoms with van der Waals surface area (Å²) in [6, 6.07) is 0.154. The van der Waals surface area contributed by atoms with Crippen molar-refractivity contribution in [1.82, 2.24) is 0 Å². The van der Waals surface area contributed by atoms with Crippen LogP contribution in [0.4, 0.5) is 8.78 Å². The molecular weight excluding hydrogens is 196 g/mol. The molecular formula is C9H18ClF2N. The largest absolute Gasteiger partial charge is 0.328 e. The summed E-state index contributed by atoms with van der Waals surface area (Å²) in [6.07, 6.45) is 2.31. The highest BCUT2D eigenvalue weighted by atomic mass is 35.5. The van der Waals surface area contributed by atoms with Crippen LogP contribution in [-0.2, 0) is 0 Å². The zero-order valence-electron chi connectivity index (χ0n) is 7.93. The number of hydrogen-bond acceptors (Lipinski definition) is 1. The highest BCUT2D eigenvalue weighted by Crippen LogP contribution is 2.37. The number of nitrogens with two attached hydrogens (primary N) is 1. The molecule has 0 bridgehead atoms. The molecule has 0 saturated heterocycles. The third-order valence-corrected chi connectivity index (χ3v) is 2.54. The van der Waals surface area contributed by atoms with Crippen molar-refractivity contribution >= 4 is 12.4 Å². The van der Waals surface area contributed by atoms with Crippen molar-refractivity contribution in [3.63, 3.8) is 0 Å². The zero-order valence-corrected chi connectivity index (χ0v) is 8.75. The van der Waals surface area contributed by atoms with Gasteiger partial charge in [-0.15, -0.1) is 12.4 Å². The van der Waals surface area contributed by atoms with Crippen LogP contribution in [0.2, 0.25) is 0 Å². The topological polar surface area (TPSA) is 26.0 Å². The van der Waals surface area contributed by atoms with Crippen molar-refractivity contribution in [2.75, 3.05) is 0 Å². The summed E-state index contributed by atoms with van der Waals surface area (Å²) in [6.45, 7) is 1.94. The van der Waals surface area contributed by atoms with Crippen molar-refractivity contribution < 1.29 is 8.78 Å². The van der Waals surface area contributed by atoms with Gasteiger partial charge in [-0.05, 0) is 32.1 Å². The van der Waals surface area contributed by atoms with Gasteiger partial charge in [0.2, 0.25) is 5.92 Å². The Morgan fingerprint density at radius 2 is 1.85 bits per heavy atom. The predicted molar refractivity (Wildman–Crippen MR) is 52.4 cm³/mol. The molecule has 0 aromatic heterocycles. The predicted octanol–water partition coefficient (Wildman–Crippen LogP) is 2.97. The van der Waals surface area contributed by atoms with Crippen LogP contribution in [0.15, 0.2) is 0 Å². The molecule has 0 unspecified atom stereocenters. The van der Waals surface area contributed by atoms with E-state index in [4.69, 9.17) is 5.73 Å². The lowest BCUT2D eigenvalue weighted by Crippen LogP contribution is -2.28. The minimum absolute atomic E-state index is 0. The first kappa shape index (κ1) is 13.1. The Kier molecular flexibility index (Phi) is 5.15. The Bertz CT molecular complexity index is 141. The summed E-state index contributed by atoms with van der Waals surface area (Å²) in [5, 5.41) is 0. The molecule has 0 radical (unpaired) electrons. The highest BCUT2D eigenvalue weighted by Gasteiger charge is 2.34. The summed E-state index contributed by atoms with van der Waals surface area (Å²) in [4.78, 5) is 0. The van der Waals surface area contributed by atoms with Gasteiger partial charge in [0.05, 0.1) is 0 Å². The molecule has 0 aromatic rings. The Morgan fingerprint density at radius 3 is 2.23 bits per heavy atom. The number of hydrogen-bond donors (Lipinski definition) is 1. The average molecular weight is 214 g/mol. The summed E-state index contributed by atoms with van der Waals surface area (Å²) in [7, 11) is 0. The SMILES string of the molecule is C[C@@H](N)CC1CCC(F)(F)CC1.Cl. The van der Waals surface area contributed by atoms with E-state index < -0.39 is 5.92 Å². The van der Waals surface area contributed by atoms with E-state index in [0.717, 1.165) is 6.42 Å². The Morgan fingerprint density at radius 1 is 1.38 bits per heavy atom. The first-order valence-electron chi connectivity index (χ1n) is 4.63. The Hall–Kier alpha value is 0.110. The van der Waals surface area contributed by atoms with Crippen molar-refractivity contribution in [2.24, 2.45) is 11.7 Å². The fourth-order valence-electron chi connectivity index (χ4n) is 1.86. The van der Waals surface area contributed by atoms with Crippen molar-refractivity contribution in [1.29, 1.82) is 0 Å². The molecule has 1 atom stereocenters. The number of halogens is 3. The molecule has 1 aliphatic carbocycles. The van der Waals surface area contributed by atoms with E-state index in [1.807, 2.05) is 6.92 Å². The second-order valence-corrected chi connectivity index (χ2v) is 4.01. The standard InChI is InChI=1S/C9H17F2N.ClH/c1-7(12)6-8-2-4-9(10,11)5-3-8;/h7-8H,2-6,12H2,1H3;1H/t7-;/m1./s1. The third kappa shape index (κ3) is 4.77. The molecule has 0 amide bonds. The Balaban J connectivity index is 0.00000144. The van der Waals surface area contributed by atoms with Crippen LogP contribution in [0.3, 0.4) is 0 Å². The van der Waals surface area contributed by atoms with E-state index >= 15 is 0 Å². The lowest BCUT2D eigenvalue weighted by Gasteiger charge is -2.28. The molecule has 2 N–H and O–H groups in total. The monoisotopic (exact) mass is 213 g/mol. The van der Waals surface area contributed by atoms with Gasteiger partial charge in [0.1, 0.15) is 0 Å². The normalized spacial score (nSPS) is 24.9. The molecule has 1 saturated carbocycles. The highest BCUT2D eigenvalue weighted by molar-refractivity contribution is 5.85. The van der Waals surface area contributed by atoms with E-state index in [2.05, 4.69) is 0 Å². The molecule has 80 valence electrons. The van der Waals surface area contributed by atoms with Gasteiger partial charge < -0.3 is 5.73 Å². The first-order valence-corrected chi connectivity index (χ1v) is 4.63. The van der Waals surface area contributed by atoms with Crippen LogP contribution >= 0.6 is 12.4 Å². The number of alkyl halides is 2. The maximum Gasteiger partial charge on any atom is 0.248 e. The van der Waals surface area contributed by atoms with Crippen LogP contribution in [-0.4, -0.2) is 12.0 Å². The average Bonchev–Trinajstić information content (AvgIpc) is 1.93. The van der Waals surface area contributed by atoms with Gasteiger partial charge in [-0.2, -0.15) is 0 Å². The molecule has 0 aromatic carbocycles. The third-order valence-electron chi connectivity index (χ3n) is 2.54. The van der Waals surface area contributed by atoms with Crippen LogP contribution < -0.4 is 5.73 Å². The van der Waals surface area contributed by atoms with Crippen molar-refractivity contribution in [3.8, 4) is 0 Å². The van der Waals surface area contributed by atoms with Crippen molar-refractivity contribution in [3.05, 3.63) is 0 Å². The van der Waals surface area contributed by atoms with Crippen LogP contribution in [0.5, 0.6) is 0 Å². The lowest BCUT2D eigenvalue weighted by molar-refractivity contribution is -0.0469. The van der Waals surface area contributed by atoms with Gasteiger partial charge in [0.15, 0.2) is 0 Å². The smallest absolute Gasteiger partial charge is 0.248 e. The van der Waals surface area contributed by atoms with Crippen molar-refractivity contribution in [2.45, 2.75) is 51.0 Å². The van der Waals surface area contributed by atoms with E-state index in [1.54, 1.807) is 0 Å².